The molecule has 0 saturated heterocycles. The van der Waals surface area contributed by atoms with E-state index in [0.29, 0.717) is 11.8 Å². The van der Waals surface area contributed by atoms with Gasteiger partial charge in [0.25, 0.3) is 0 Å². The molecule has 6 unspecified atom stereocenters. The molecule has 0 aromatic heterocycles. The summed E-state index contributed by atoms with van der Waals surface area (Å²) in [5, 5.41) is 0. The Morgan fingerprint density at radius 1 is 0.724 bits per heavy atom. The molecule has 0 radical (unpaired) electrons. The second-order valence-electron chi connectivity index (χ2n) is 10.3. The maximum absolute atomic E-state index is 3.59. The molecule has 0 saturated carbocycles. The largest absolute Gasteiger partial charge is 0.0951 e. The van der Waals surface area contributed by atoms with Crippen LogP contribution in [0.1, 0.15) is 120 Å². The Hall–Kier alpha value is -0.700. The molecule has 0 fully saturated rings. The third kappa shape index (κ3) is 13.3. The van der Waals surface area contributed by atoms with E-state index in [4.69, 9.17) is 0 Å². The van der Waals surface area contributed by atoms with Gasteiger partial charge in [0.05, 0.1) is 0 Å². The summed E-state index contributed by atoms with van der Waals surface area (Å²) in [5.41, 5.74) is 0. The minimum Gasteiger partial charge on any atom is -0.0951 e. The predicted molar refractivity (Wildman–Crippen MR) is 134 cm³/mol. The first-order valence-electron chi connectivity index (χ1n) is 13.0. The van der Waals surface area contributed by atoms with Crippen LogP contribution in [-0.2, 0) is 0 Å². The lowest BCUT2D eigenvalue weighted by molar-refractivity contribution is 0.232. The van der Waals surface area contributed by atoms with Gasteiger partial charge in [0.15, 0.2) is 0 Å². The van der Waals surface area contributed by atoms with Crippen molar-refractivity contribution in [2.75, 3.05) is 0 Å². The highest BCUT2D eigenvalue weighted by Gasteiger charge is 2.23. The summed E-state index contributed by atoms with van der Waals surface area (Å²) in [6.45, 7) is 21.2. The van der Waals surface area contributed by atoms with Crippen molar-refractivity contribution >= 4 is 0 Å². The Labute approximate surface area is 185 Å². The van der Waals surface area contributed by atoms with Gasteiger partial charge in [-0.15, -0.1) is 0 Å². The van der Waals surface area contributed by atoms with E-state index in [1.54, 1.807) is 0 Å². The van der Waals surface area contributed by atoms with Gasteiger partial charge in [0.2, 0.25) is 0 Å². The van der Waals surface area contributed by atoms with E-state index in [9.17, 15) is 0 Å². The summed E-state index contributed by atoms with van der Waals surface area (Å²) in [5.74, 6) is 12.2. The highest BCUT2D eigenvalue weighted by Crippen LogP contribution is 2.32. The molecule has 0 aliphatic carbocycles. The summed E-state index contributed by atoms with van der Waals surface area (Å²) >= 11 is 0. The molecule has 0 aromatic rings. The molecular weight excluding hydrogens is 348 g/mol. The molecule has 0 rings (SSSR count). The van der Waals surface area contributed by atoms with Crippen LogP contribution in [0.15, 0.2) is 12.2 Å². The molecule has 0 aliphatic heterocycles. The van der Waals surface area contributed by atoms with Crippen LogP contribution < -0.4 is 0 Å². The zero-order chi connectivity index (χ0) is 22.2. The van der Waals surface area contributed by atoms with E-state index in [0.717, 1.165) is 29.6 Å². The third-order valence-electron chi connectivity index (χ3n) is 6.92. The maximum atomic E-state index is 3.59. The highest BCUT2D eigenvalue weighted by molar-refractivity contribution is 5.18. The van der Waals surface area contributed by atoms with Crippen molar-refractivity contribution < 1.29 is 0 Å². The van der Waals surface area contributed by atoms with Gasteiger partial charge in [-0.05, 0) is 67.3 Å². The Bertz CT molecular complexity index is 460. The van der Waals surface area contributed by atoms with Gasteiger partial charge in [-0.2, -0.15) is 0 Å². The molecule has 0 heterocycles. The zero-order valence-corrected chi connectivity index (χ0v) is 21.6. The maximum Gasteiger partial charge on any atom is 0.0208 e. The average Bonchev–Trinajstić information content (AvgIpc) is 2.66. The quantitative estimate of drug-likeness (QED) is 0.239. The lowest BCUT2D eigenvalue weighted by atomic mass is 9.76. The van der Waals surface area contributed by atoms with Crippen molar-refractivity contribution in [2.24, 2.45) is 41.4 Å². The molecule has 170 valence electrons. The number of allylic oxidation sites excluding steroid dienone is 2. The van der Waals surface area contributed by atoms with Crippen LogP contribution in [-0.4, -0.2) is 0 Å². The van der Waals surface area contributed by atoms with Gasteiger partial charge in [-0.25, -0.2) is 0 Å². The van der Waals surface area contributed by atoms with Crippen molar-refractivity contribution in [2.45, 2.75) is 120 Å². The predicted octanol–water partition coefficient (Wildman–Crippen LogP) is 9.55. The van der Waals surface area contributed by atoms with Crippen LogP contribution in [0.5, 0.6) is 0 Å². The van der Waals surface area contributed by atoms with E-state index in [1.807, 2.05) is 0 Å². The third-order valence-corrected chi connectivity index (χ3v) is 6.92. The Morgan fingerprint density at radius 3 is 1.93 bits per heavy atom. The van der Waals surface area contributed by atoms with Crippen LogP contribution in [0.4, 0.5) is 0 Å². The smallest absolute Gasteiger partial charge is 0.0208 e. The second-order valence-corrected chi connectivity index (χ2v) is 10.3. The SMILES string of the molecule is CCCC(C)CCC(CC)C(CC)C(C)C#CC=CC(CC)CC(C)CC(C)C. The van der Waals surface area contributed by atoms with Crippen molar-refractivity contribution in [1.29, 1.82) is 0 Å². The molecular formula is C29H54. The first kappa shape index (κ1) is 28.3. The van der Waals surface area contributed by atoms with Gasteiger partial charge in [0.1, 0.15) is 0 Å². The minimum atomic E-state index is 0.496. The normalized spacial score (nSPS) is 18.1. The van der Waals surface area contributed by atoms with Crippen molar-refractivity contribution in [1.82, 2.24) is 0 Å². The Balaban J connectivity index is 4.77. The molecule has 0 aliphatic rings. The van der Waals surface area contributed by atoms with Crippen LogP contribution in [0.3, 0.4) is 0 Å². The summed E-state index contributed by atoms with van der Waals surface area (Å²) in [4.78, 5) is 0. The summed E-state index contributed by atoms with van der Waals surface area (Å²) in [6, 6.07) is 0. The summed E-state index contributed by atoms with van der Waals surface area (Å²) in [7, 11) is 0. The van der Waals surface area contributed by atoms with Crippen molar-refractivity contribution in [3.8, 4) is 11.8 Å². The van der Waals surface area contributed by atoms with Gasteiger partial charge in [-0.1, -0.05) is 112 Å². The fourth-order valence-corrected chi connectivity index (χ4v) is 5.22. The molecule has 6 atom stereocenters. The number of hydrogen-bond donors (Lipinski definition) is 0. The Morgan fingerprint density at radius 2 is 1.41 bits per heavy atom. The number of hydrogen-bond acceptors (Lipinski definition) is 0. The molecule has 0 spiro atoms. The first-order valence-corrected chi connectivity index (χ1v) is 13.0. The molecule has 0 heteroatoms. The lowest BCUT2D eigenvalue weighted by Crippen LogP contribution is -2.21. The minimum absolute atomic E-state index is 0.496. The van der Waals surface area contributed by atoms with Gasteiger partial charge in [0, 0.05) is 5.92 Å². The van der Waals surface area contributed by atoms with E-state index in [-0.39, 0.29) is 0 Å². The van der Waals surface area contributed by atoms with Crippen LogP contribution in [0.25, 0.3) is 0 Å². The summed E-state index contributed by atoms with van der Waals surface area (Å²) < 4.78 is 0. The fraction of sp³-hybridized carbons (Fsp3) is 0.862. The van der Waals surface area contributed by atoms with E-state index in [1.165, 1.54) is 57.8 Å². The van der Waals surface area contributed by atoms with E-state index < -0.39 is 0 Å². The monoisotopic (exact) mass is 402 g/mol. The van der Waals surface area contributed by atoms with Crippen LogP contribution in [0.2, 0.25) is 0 Å². The molecule has 0 N–H and O–H groups in total. The van der Waals surface area contributed by atoms with Gasteiger partial charge in [-0.3, -0.25) is 0 Å². The molecule has 0 amide bonds. The lowest BCUT2D eigenvalue weighted by Gasteiger charge is -2.29. The fourth-order valence-electron chi connectivity index (χ4n) is 5.22. The standard InChI is InChI=1S/C29H54/c1-10-16-24(7)19-20-28(12-3)29(13-4)26(9)17-14-15-18-27(11-2)22-25(8)21-23(5)6/h15,18,23-29H,10-13,16,19-22H2,1-9H3. The first-order chi connectivity index (χ1) is 13.8. The molecule has 29 heavy (non-hydrogen) atoms. The molecule has 0 bridgehead atoms. The zero-order valence-electron chi connectivity index (χ0n) is 21.6. The van der Waals surface area contributed by atoms with Crippen molar-refractivity contribution in [3.05, 3.63) is 12.2 Å². The second kappa shape index (κ2) is 17.0. The summed E-state index contributed by atoms with van der Waals surface area (Å²) in [6.07, 6.45) is 16.4. The molecule has 0 aromatic carbocycles. The van der Waals surface area contributed by atoms with Crippen molar-refractivity contribution in [3.63, 3.8) is 0 Å². The topological polar surface area (TPSA) is 0 Å². The van der Waals surface area contributed by atoms with Crippen LogP contribution in [0, 0.1) is 53.3 Å². The van der Waals surface area contributed by atoms with Gasteiger partial charge < -0.3 is 0 Å². The highest BCUT2D eigenvalue weighted by atomic mass is 14.3. The number of rotatable bonds is 15. The van der Waals surface area contributed by atoms with Crippen LogP contribution >= 0.6 is 0 Å². The van der Waals surface area contributed by atoms with E-state index >= 15 is 0 Å². The average molecular weight is 403 g/mol. The van der Waals surface area contributed by atoms with E-state index in [2.05, 4.69) is 86.3 Å². The molecule has 0 nitrogen and oxygen atoms in total. The Kier molecular flexibility index (Phi) is 16.6. The van der Waals surface area contributed by atoms with Gasteiger partial charge >= 0.3 is 0 Å².